The minimum absolute atomic E-state index is 0.0128. The molecule has 162 valence electrons. The number of thioether (sulfide) groups is 1. The molecule has 1 aromatic heterocycles. The summed E-state index contributed by atoms with van der Waals surface area (Å²) in [5.41, 5.74) is 0.178. The van der Waals surface area contributed by atoms with E-state index in [1.165, 1.54) is 25.3 Å². The third-order valence-electron chi connectivity index (χ3n) is 3.87. The van der Waals surface area contributed by atoms with Gasteiger partial charge in [-0.1, -0.05) is 11.8 Å². The van der Waals surface area contributed by atoms with E-state index in [4.69, 9.17) is 18.6 Å². The monoisotopic (exact) mass is 446 g/mol. The summed E-state index contributed by atoms with van der Waals surface area (Å²) in [6, 6.07) is 10.9. The number of nitrogens with zero attached hydrogens (tertiary/aromatic N) is 3. The maximum Gasteiger partial charge on any atom is 0.277 e. The van der Waals surface area contributed by atoms with Gasteiger partial charge in [-0.3, -0.25) is 14.9 Å². The number of hydrogen-bond donors (Lipinski definition) is 1. The molecule has 0 fully saturated rings. The van der Waals surface area contributed by atoms with Crippen molar-refractivity contribution in [1.82, 2.24) is 10.2 Å². The second-order valence-corrected chi connectivity index (χ2v) is 6.83. The third kappa shape index (κ3) is 6.09. The Morgan fingerprint density at radius 1 is 1.13 bits per heavy atom. The molecule has 0 atom stereocenters. The summed E-state index contributed by atoms with van der Waals surface area (Å²) >= 11 is 1.04. The highest BCUT2D eigenvalue weighted by atomic mass is 32.2. The first-order valence-corrected chi connectivity index (χ1v) is 9.81. The van der Waals surface area contributed by atoms with E-state index in [0.29, 0.717) is 17.2 Å². The van der Waals surface area contributed by atoms with Crippen LogP contribution in [-0.4, -0.2) is 41.0 Å². The summed E-state index contributed by atoms with van der Waals surface area (Å²) in [6.45, 7) is 0.0755. The van der Waals surface area contributed by atoms with Crippen molar-refractivity contribution in [3.63, 3.8) is 0 Å². The number of nitro groups is 1. The fraction of sp³-hybridized carbons (Fsp3) is 0.211. The zero-order valence-electron chi connectivity index (χ0n) is 16.6. The number of benzene rings is 2. The largest absolute Gasteiger partial charge is 0.497 e. The van der Waals surface area contributed by atoms with Crippen LogP contribution in [0.5, 0.6) is 17.2 Å². The van der Waals surface area contributed by atoms with E-state index in [-0.39, 0.29) is 40.8 Å². The maximum atomic E-state index is 12.2. The lowest BCUT2D eigenvalue weighted by atomic mass is 10.2. The molecule has 1 amide bonds. The van der Waals surface area contributed by atoms with Gasteiger partial charge in [0.05, 0.1) is 36.6 Å². The molecular formula is C19H18N4O7S. The molecule has 12 heteroatoms. The summed E-state index contributed by atoms with van der Waals surface area (Å²) in [7, 11) is 2.94. The van der Waals surface area contributed by atoms with Crippen LogP contribution in [0.3, 0.4) is 0 Å². The first-order valence-electron chi connectivity index (χ1n) is 8.83. The Morgan fingerprint density at radius 2 is 1.87 bits per heavy atom. The molecular weight excluding hydrogens is 428 g/mol. The Bertz CT molecular complexity index is 1060. The Kier molecular flexibility index (Phi) is 7.27. The highest BCUT2D eigenvalue weighted by Crippen LogP contribution is 2.29. The Balaban J connectivity index is 1.49. The Labute approximate surface area is 180 Å². The lowest BCUT2D eigenvalue weighted by Crippen LogP contribution is -2.14. The molecule has 0 spiro atoms. The van der Waals surface area contributed by atoms with Crippen LogP contribution in [0.4, 0.5) is 11.4 Å². The van der Waals surface area contributed by atoms with Crippen LogP contribution in [-0.2, 0) is 11.4 Å². The van der Waals surface area contributed by atoms with Crippen LogP contribution in [0, 0.1) is 10.1 Å². The van der Waals surface area contributed by atoms with Crippen molar-refractivity contribution in [2.75, 3.05) is 25.3 Å². The van der Waals surface area contributed by atoms with E-state index in [0.717, 1.165) is 11.8 Å². The minimum atomic E-state index is -0.546. The van der Waals surface area contributed by atoms with E-state index >= 15 is 0 Å². The van der Waals surface area contributed by atoms with E-state index in [9.17, 15) is 14.9 Å². The number of nitrogens with one attached hydrogen (secondary N) is 1. The molecule has 31 heavy (non-hydrogen) atoms. The van der Waals surface area contributed by atoms with E-state index < -0.39 is 4.92 Å². The molecule has 0 unspecified atom stereocenters. The van der Waals surface area contributed by atoms with Crippen LogP contribution >= 0.6 is 11.8 Å². The molecule has 2 aromatic carbocycles. The average Bonchev–Trinajstić information content (AvgIpc) is 3.24. The van der Waals surface area contributed by atoms with Gasteiger partial charge in [0, 0.05) is 6.07 Å². The number of amides is 1. The predicted octanol–water partition coefficient (Wildman–Crippen LogP) is 3.30. The van der Waals surface area contributed by atoms with E-state index in [1.807, 2.05) is 0 Å². The molecule has 0 aliphatic heterocycles. The fourth-order valence-electron chi connectivity index (χ4n) is 2.38. The number of carbonyl (C=O) groups excluding carboxylic acids is 1. The lowest BCUT2D eigenvalue weighted by molar-refractivity contribution is -0.384. The van der Waals surface area contributed by atoms with Crippen LogP contribution < -0.4 is 19.5 Å². The summed E-state index contributed by atoms with van der Waals surface area (Å²) in [5.74, 6) is 1.39. The molecule has 0 saturated heterocycles. The second-order valence-electron chi connectivity index (χ2n) is 5.90. The summed E-state index contributed by atoms with van der Waals surface area (Å²) < 4.78 is 21.2. The number of rotatable bonds is 10. The molecule has 0 saturated carbocycles. The van der Waals surface area contributed by atoms with E-state index in [2.05, 4.69) is 15.5 Å². The highest BCUT2D eigenvalue weighted by molar-refractivity contribution is 7.99. The number of carbonyl (C=O) groups is 1. The van der Waals surface area contributed by atoms with Gasteiger partial charge in [0.15, 0.2) is 6.61 Å². The minimum Gasteiger partial charge on any atom is -0.497 e. The summed E-state index contributed by atoms with van der Waals surface area (Å²) in [4.78, 5) is 22.5. The van der Waals surface area contributed by atoms with Crippen molar-refractivity contribution in [3.05, 3.63) is 58.5 Å². The SMILES string of the molecule is COc1ccc(OCc2nnc(SCC(=O)Nc3ccc([N+](=O)[O-])cc3OC)o2)cc1. The number of anilines is 1. The quantitative estimate of drug-likeness (QED) is 0.280. The predicted molar refractivity (Wildman–Crippen MR) is 111 cm³/mol. The number of methoxy groups -OCH3 is 2. The molecule has 0 radical (unpaired) electrons. The number of ether oxygens (including phenoxy) is 3. The second kappa shape index (κ2) is 10.3. The Morgan fingerprint density at radius 3 is 2.55 bits per heavy atom. The van der Waals surface area contributed by atoms with Gasteiger partial charge >= 0.3 is 0 Å². The standard InChI is InChI=1S/C19H18N4O7S/c1-27-13-4-6-14(7-5-13)29-10-18-21-22-19(30-18)31-11-17(24)20-15-8-3-12(23(25)26)9-16(15)28-2/h3-9H,10-11H2,1-2H3,(H,20,24). The van der Waals surface area contributed by atoms with Crippen molar-refractivity contribution in [2.24, 2.45) is 0 Å². The van der Waals surface area contributed by atoms with Gasteiger partial charge in [0.25, 0.3) is 16.8 Å². The van der Waals surface area contributed by atoms with Gasteiger partial charge in [-0.25, -0.2) is 0 Å². The first-order chi connectivity index (χ1) is 15.0. The first kappa shape index (κ1) is 21.9. The topological polar surface area (TPSA) is 139 Å². The van der Waals surface area contributed by atoms with Gasteiger partial charge in [0.2, 0.25) is 5.91 Å². The summed E-state index contributed by atoms with van der Waals surface area (Å²) in [5, 5.41) is 21.4. The number of aromatic nitrogens is 2. The molecule has 0 aliphatic rings. The third-order valence-corrected chi connectivity index (χ3v) is 4.69. The lowest BCUT2D eigenvalue weighted by Gasteiger charge is -2.09. The van der Waals surface area contributed by atoms with Crippen molar-refractivity contribution in [3.8, 4) is 17.2 Å². The van der Waals surface area contributed by atoms with Crippen LogP contribution in [0.15, 0.2) is 52.1 Å². The molecule has 3 aromatic rings. The molecule has 11 nitrogen and oxygen atoms in total. The molecule has 0 aliphatic carbocycles. The van der Waals surface area contributed by atoms with Crippen molar-refractivity contribution in [2.45, 2.75) is 11.8 Å². The van der Waals surface area contributed by atoms with Crippen LogP contribution in [0.25, 0.3) is 0 Å². The van der Waals surface area contributed by atoms with Gasteiger partial charge in [-0.15, -0.1) is 10.2 Å². The van der Waals surface area contributed by atoms with Crippen molar-refractivity contribution >= 4 is 29.0 Å². The zero-order chi connectivity index (χ0) is 22.2. The molecule has 3 rings (SSSR count). The van der Waals surface area contributed by atoms with Gasteiger partial charge in [0.1, 0.15) is 17.2 Å². The van der Waals surface area contributed by atoms with Gasteiger partial charge < -0.3 is 23.9 Å². The molecule has 1 N–H and O–H groups in total. The zero-order valence-corrected chi connectivity index (χ0v) is 17.4. The number of hydrogen-bond acceptors (Lipinski definition) is 10. The van der Waals surface area contributed by atoms with Crippen LogP contribution in [0.2, 0.25) is 0 Å². The van der Waals surface area contributed by atoms with Gasteiger partial charge in [-0.05, 0) is 30.3 Å². The van der Waals surface area contributed by atoms with Gasteiger partial charge in [-0.2, -0.15) is 0 Å². The normalized spacial score (nSPS) is 10.4. The maximum absolute atomic E-state index is 12.2. The van der Waals surface area contributed by atoms with Crippen molar-refractivity contribution < 1.29 is 28.3 Å². The highest BCUT2D eigenvalue weighted by Gasteiger charge is 2.15. The molecule has 0 bridgehead atoms. The van der Waals surface area contributed by atoms with Crippen molar-refractivity contribution in [1.29, 1.82) is 0 Å². The van der Waals surface area contributed by atoms with Crippen LogP contribution in [0.1, 0.15) is 5.89 Å². The average molecular weight is 446 g/mol. The summed E-state index contributed by atoms with van der Waals surface area (Å²) in [6.07, 6.45) is 0. The number of nitro benzene ring substituents is 1. The molecule has 1 heterocycles. The fourth-order valence-corrected chi connectivity index (χ4v) is 2.96. The number of non-ortho nitro benzene ring substituents is 1. The Hall–Kier alpha value is -3.80. The smallest absolute Gasteiger partial charge is 0.277 e. The van der Waals surface area contributed by atoms with E-state index in [1.54, 1.807) is 31.4 Å².